The lowest BCUT2D eigenvalue weighted by atomic mass is 10.1. The first kappa shape index (κ1) is 18.3. The van der Waals surface area contributed by atoms with Crippen LogP contribution in [-0.4, -0.2) is 34.3 Å². The SMILES string of the molecule is NC(/C=C\C1=NCC(c2cccc(F)n2)N1)=[N+]1CCCC1c1cccc(F)c1. The molecule has 3 N–H and O–H groups in total. The molecular weight excluding hydrogens is 360 g/mol. The monoisotopic (exact) mass is 382 g/mol. The minimum absolute atomic E-state index is 0.0723. The zero-order valence-electron chi connectivity index (χ0n) is 15.4. The van der Waals surface area contributed by atoms with Crippen LogP contribution in [0.3, 0.4) is 0 Å². The van der Waals surface area contributed by atoms with Crippen molar-refractivity contribution in [3.8, 4) is 0 Å². The second-order valence-corrected chi connectivity index (χ2v) is 6.97. The molecule has 0 aliphatic carbocycles. The van der Waals surface area contributed by atoms with Crippen LogP contribution in [0.15, 0.2) is 59.6 Å². The highest BCUT2D eigenvalue weighted by atomic mass is 19.1. The van der Waals surface area contributed by atoms with Crippen LogP contribution in [0.2, 0.25) is 0 Å². The van der Waals surface area contributed by atoms with Gasteiger partial charge in [-0.1, -0.05) is 18.2 Å². The topological polar surface area (TPSA) is 66.3 Å². The number of aromatic nitrogens is 1. The number of halogens is 2. The molecule has 2 aliphatic heterocycles. The predicted molar refractivity (Wildman–Crippen MR) is 104 cm³/mol. The van der Waals surface area contributed by atoms with E-state index in [9.17, 15) is 8.78 Å². The number of nitrogens with zero attached hydrogens (tertiary/aromatic N) is 3. The minimum Gasteiger partial charge on any atom is -0.360 e. The number of rotatable bonds is 4. The van der Waals surface area contributed by atoms with Gasteiger partial charge in [0.2, 0.25) is 5.95 Å². The van der Waals surface area contributed by atoms with Crippen molar-refractivity contribution >= 4 is 11.7 Å². The second kappa shape index (κ2) is 7.88. The summed E-state index contributed by atoms with van der Waals surface area (Å²) in [5.41, 5.74) is 7.86. The van der Waals surface area contributed by atoms with Gasteiger partial charge in [0.05, 0.1) is 24.8 Å². The zero-order valence-corrected chi connectivity index (χ0v) is 15.4. The Labute approximate surface area is 162 Å². The molecule has 4 rings (SSSR count). The molecule has 0 radical (unpaired) electrons. The van der Waals surface area contributed by atoms with Gasteiger partial charge < -0.3 is 5.32 Å². The van der Waals surface area contributed by atoms with Gasteiger partial charge in [-0.05, 0) is 48.7 Å². The summed E-state index contributed by atoms with van der Waals surface area (Å²) in [6.07, 6.45) is 5.56. The van der Waals surface area contributed by atoms with E-state index in [1.165, 1.54) is 12.1 Å². The summed E-state index contributed by atoms with van der Waals surface area (Å²) < 4.78 is 29.0. The lowest BCUT2D eigenvalue weighted by Crippen LogP contribution is -2.28. The van der Waals surface area contributed by atoms with Gasteiger partial charge in [-0.15, -0.1) is 0 Å². The maximum atomic E-state index is 13.6. The summed E-state index contributed by atoms with van der Waals surface area (Å²) >= 11 is 0. The predicted octanol–water partition coefficient (Wildman–Crippen LogP) is 2.86. The number of amidine groups is 2. The van der Waals surface area contributed by atoms with Crippen LogP contribution < -0.4 is 11.1 Å². The van der Waals surface area contributed by atoms with Gasteiger partial charge in [-0.25, -0.2) is 9.37 Å². The molecule has 2 aliphatic rings. The molecule has 0 spiro atoms. The Bertz CT molecular complexity index is 967. The average molecular weight is 382 g/mol. The van der Waals surface area contributed by atoms with Gasteiger partial charge >= 0.3 is 0 Å². The van der Waals surface area contributed by atoms with Crippen LogP contribution in [0.4, 0.5) is 8.78 Å². The van der Waals surface area contributed by atoms with E-state index in [-0.39, 0.29) is 17.9 Å². The molecule has 2 atom stereocenters. The smallest absolute Gasteiger partial charge is 0.268 e. The Morgan fingerprint density at radius 1 is 1.21 bits per heavy atom. The van der Waals surface area contributed by atoms with Crippen molar-refractivity contribution in [3.05, 3.63) is 77.6 Å². The number of hydrogen-bond donors (Lipinski definition) is 2. The lowest BCUT2D eigenvalue weighted by molar-refractivity contribution is -0.550. The highest BCUT2D eigenvalue weighted by molar-refractivity contribution is 6.00. The van der Waals surface area contributed by atoms with Crippen LogP contribution in [-0.2, 0) is 0 Å². The molecule has 1 fully saturated rings. The van der Waals surface area contributed by atoms with E-state index in [1.54, 1.807) is 24.3 Å². The maximum absolute atomic E-state index is 13.6. The largest absolute Gasteiger partial charge is 0.360 e. The van der Waals surface area contributed by atoms with E-state index >= 15 is 0 Å². The standard InChI is InChI=1S/C21H21F2N5/c22-15-5-1-4-14(12-15)18-7-3-11-28(18)20(24)9-10-21-25-13-17(27-21)16-6-2-8-19(23)26-16/h1-2,4-6,8-10,12,17-18,24H,3,7,11,13H2,(H,25,27)/p+1/b10-9-. The molecule has 0 saturated carbocycles. The van der Waals surface area contributed by atoms with Crippen LogP contribution >= 0.6 is 0 Å². The number of aliphatic imine (C=N–C) groups is 1. The summed E-state index contributed by atoms with van der Waals surface area (Å²) in [5, 5.41) is 3.23. The summed E-state index contributed by atoms with van der Waals surface area (Å²) in [4.78, 5) is 8.33. The minimum atomic E-state index is -0.502. The number of pyridine rings is 1. The Morgan fingerprint density at radius 2 is 2.07 bits per heavy atom. The summed E-state index contributed by atoms with van der Waals surface area (Å²) in [5.74, 6) is 0.558. The first-order chi connectivity index (χ1) is 13.6. The Kier molecular flexibility index (Phi) is 5.14. The third kappa shape index (κ3) is 3.93. The molecule has 144 valence electrons. The van der Waals surface area contributed by atoms with E-state index < -0.39 is 5.95 Å². The molecule has 1 saturated heterocycles. The highest BCUT2D eigenvalue weighted by Crippen LogP contribution is 2.28. The molecule has 2 aromatic rings. The van der Waals surface area contributed by atoms with E-state index in [0.29, 0.717) is 23.9 Å². The molecule has 0 bridgehead atoms. The van der Waals surface area contributed by atoms with Gasteiger partial charge in [0, 0.05) is 6.08 Å². The summed E-state index contributed by atoms with van der Waals surface area (Å²) in [7, 11) is 0. The normalized spacial score (nSPS) is 23.7. The van der Waals surface area contributed by atoms with Gasteiger partial charge in [-0.3, -0.25) is 15.3 Å². The van der Waals surface area contributed by atoms with Crippen molar-refractivity contribution in [2.24, 2.45) is 10.7 Å². The van der Waals surface area contributed by atoms with Crippen molar-refractivity contribution in [1.82, 2.24) is 10.3 Å². The van der Waals surface area contributed by atoms with Crippen molar-refractivity contribution in [2.45, 2.75) is 24.9 Å². The molecule has 2 unspecified atom stereocenters. The quantitative estimate of drug-likeness (QED) is 0.486. The van der Waals surface area contributed by atoms with Crippen LogP contribution in [0.25, 0.3) is 0 Å². The van der Waals surface area contributed by atoms with Crippen molar-refractivity contribution < 1.29 is 13.4 Å². The number of hydrogen-bond acceptors (Lipinski definition) is 3. The fourth-order valence-electron chi connectivity index (χ4n) is 3.74. The van der Waals surface area contributed by atoms with Crippen molar-refractivity contribution in [1.29, 1.82) is 0 Å². The first-order valence-corrected chi connectivity index (χ1v) is 9.36. The van der Waals surface area contributed by atoms with Gasteiger partial charge in [-0.2, -0.15) is 4.39 Å². The fourth-order valence-corrected chi connectivity index (χ4v) is 3.74. The van der Waals surface area contributed by atoms with Crippen LogP contribution in [0.5, 0.6) is 0 Å². The first-order valence-electron chi connectivity index (χ1n) is 9.36. The molecular formula is C21H22F2N5+. The van der Waals surface area contributed by atoms with Gasteiger partial charge in [0.25, 0.3) is 5.84 Å². The maximum Gasteiger partial charge on any atom is 0.268 e. The third-order valence-corrected chi connectivity index (χ3v) is 5.09. The molecule has 1 aromatic carbocycles. The molecule has 3 heterocycles. The van der Waals surface area contributed by atoms with Crippen molar-refractivity contribution in [2.75, 3.05) is 13.1 Å². The Morgan fingerprint density at radius 3 is 2.89 bits per heavy atom. The number of benzene rings is 1. The summed E-state index contributed by atoms with van der Waals surface area (Å²) in [6, 6.07) is 11.3. The molecule has 5 nitrogen and oxygen atoms in total. The van der Waals surface area contributed by atoms with Crippen molar-refractivity contribution in [3.63, 3.8) is 0 Å². The molecule has 0 amide bonds. The third-order valence-electron chi connectivity index (χ3n) is 5.09. The van der Waals surface area contributed by atoms with Crippen LogP contribution in [0, 0.1) is 11.8 Å². The van der Waals surface area contributed by atoms with Gasteiger partial charge in [0.1, 0.15) is 17.7 Å². The lowest BCUT2D eigenvalue weighted by Gasteiger charge is -2.12. The fraction of sp³-hybridized carbons (Fsp3) is 0.286. The average Bonchev–Trinajstić information content (AvgIpc) is 3.36. The molecule has 28 heavy (non-hydrogen) atoms. The van der Waals surface area contributed by atoms with Crippen LogP contribution in [0.1, 0.15) is 36.2 Å². The Hall–Kier alpha value is -3.09. The van der Waals surface area contributed by atoms with Gasteiger partial charge in [0.15, 0.2) is 0 Å². The second-order valence-electron chi connectivity index (χ2n) is 6.97. The van der Waals surface area contributed by atoms with E-state index in [2.05, 4.69) is 19.9 Å². The summed E-state index contributed by atoms with van der Waals surface area (Å²) in [6.45, 7) is 1.32. The number of nitrogens with one attached hydrogen (secondary N) is 1. The molecule has 1 aromatic heterocycles. The van der Waals surface area contributed by atoms with E-state index in [1.807, 2.05) is 18.2 Å². The zero-order chi connectivity index (χ0) is 19.5. The Balaban J connectivity index is 1.47. The highest BCUT2D eigenvalue weighted by Gasteiger charge is 2.28. The number of nitrogens with two attached hydrogens (primary N) is 1. The molecule has 7 heteroatoms. The van der Waals surface area contributed by atoms with E-state index in [0.717, 1.165) is 24.9 Å². The van der Waals surface area contributed by atoms with E-state index in [4.69, 9.17) is 5.73 Å².